The Labute approximate surface area is 116 Å². The number of carboxylic acids is 1. The summed E-state index contributed by atoms with van der Waals surface area (Å²) in [7, 11) is 0. The van der Waals surface area contributed by atoms with Crippen molar-refractivity contribution in [1.29, 1.82) is 0 Å². The van der Waals surface area contributed by atoms with E-state index in [0.29, 0.717) is 12.1 Å². The molecule has 1 heterocycles. The summed E-state index contributed by atoms with van der Waals surface area (Å²) in [4.78, 5) is 13.0. The van der Waals surface area contributed by atoms with Gasteiger partial charge in [0.15, 0.2) is 0 Å². The lowest BCUT2D eigenvalue weighted by Crippen LogP contribution is -2.17. The van der Waals surface area contributed by atoms with Crippen LogP contribution in [0.2, 0.25) is 0 Å². The molecule has 1 N–H and O–H groups in total. The molecule has 0 atom stereocenters. The molecule has 0 radical (unpaired) electrons. The van der Waals surface area contributed by atoms with E-state index in [0.717, 1.165) is 13.1 Å². The highest BCUT2D eigenvalue weighted by atomic mass is 19.1. The zero-order chi connectivity index (χ0) is 14.1. The van der Waals surface area contributed by atoms with Gasteiger partial charge in [0, 0.05) is 25.2 Å². The number of hydrogen-bond donors (Lipinski definition) is 1. The number of fused-ring (bicyclic) bond motifs is 1. The van der Waals surface area contributed by atoms with Crippen LogP contribution in [0.4, 0.5) is 4.39 Å². The summed E-state index contributed by atoms with van der Waals surface area (Å²) in [5, 5.41) is 8.94. The number of nitrogens with zero attached hydrogens (tertiary/aromatic N) is 1. The largest absolute Gasteiger partial charge is 0.478 e. The van der Waals surface area contributed by atoms with Gasteiger partial charge in [0.1, 0.15) is 5.82 Å². The van der Waals surface area contributed by atoms with Crippen molar-refractivity contribution >= 4 is 5.97 Å². The molecular weight excluding hydrogens is 257 g/mol. The van der Waals surface area contributed by atoms with Crippen molar-refractivity contribution in [1.82, 2.24) is 4.90 Å². The van der Waals surface area contributed by atoms with E-state index in [1.165, 1.54) is 17.2 Å². The first-order valence-corrected chi connectivity index (χ1v) is 6.45. The molecule has 1 aliphatic rings. The Balaban J connectivity index is 1.81. The fourth-order valence-electron chi connectivity index (χ4n) is 2.62. The van der Waals surface area contributed by atoms with Gasteiger partial charge in [-0.25, -0.2) is 9.18 Å². The van der Waals surface area contributed by atoms with Gasteiger partial charge < -0.3 is 5.11 Å². The predicted molar refractivity (Wildman–Crippen MR) is 72.8 cm³/mol. The minimum Gasteiger partial charge on any atom is -0.478 e. The van der Waals surface area contributed by atoms with Crippen molar-refractivity contribution in [3.8, 4) is 0 Å². The third-order valence-corrected chi connectivity index (χ3v) is 3.61. The van der Waals surface area contributed by atoms with Gasteiger partial charge in [-0.15, -0.1) is 0 Å². The van der Waals surface area contributed by atoms with Gasteiger partial charge in [-0.05, 0) is 17.2 Å². The molecule has 3 nitrogen and oxygen atoms in total. The van der Waals surface area contributed by atoms with Crippen LogP contribution in [-0.4, -0.2) is 16.0 Å². The van der Waals surface area contributed by atoms with Crippen molar-refractivity contribution < 1.29 is 14.3 Å². The van der Waals surface area contributed by atoms with Gasteiger partial charge in [-0.1, -0.05) is 36.4 Å². The molecule has 0 saturated heterocycles. The van der Waals surface area contributed by atoms with Crippen molar-refractivity contribution in [2.24, 2.45) is 0 Å². The smallest absolute Gasteiger partial charge is 0.338 e. The molecule has 2 aromatic rings. The van der Waals surface area contributed by atoms with E-state index in [1.54, 1.807) is 12.1 Å². The van der Waals surface area contributed by atoms with Crippen LogP contribution < -0.4 is 0 Å². The number of carboxylic acid groups (broad SMARTS) is 1. The molecule has 0 aliphatic carbocycles. The summed E-state index contributed by atoms with van der Waals surface area (Å²) in [6.45, 7) is 1.96. The summed E-state index contributed by atoms with van der Waals surface area (Å²) in [6, 6.07) is 12.6. The number of rotatable bonds is 3. The number of benzene rings is 2. The van der Waals surface area contributed by atoms with Crippen molar-refractivity contribution in [3.63, 3.8) is 0 Å². The zero-order valence-corrected chi connectivity index (χ0v) is 10.8. The Morgan fingerprint density at radius 2 is 1.75 bits per heavy atom. The predicted octanol–water partition coefficient (Wildman–Crippen LogP) is 3.04. The van der Waals surface area contributed by atoms with Gasteiger partial charge >= 0.3 is 5.97 Å². The summed E-state index contributed by atoms with van der Waals surface area (Å²) < 4.78 is 14.1. The van der Waals surface area contributed by atoms with Gasteiger partial charge in [-0.3, -0.25) is 4.90 Å². The van der Waals surface area contributed by atoms with Crippen LogP contribution in [0.25, 0.3) is 0 Å². The quantitative estimate of drug-likeness (QED) is 0.932. The second-order valence-corrected chi connectivity index (χ2v) is 5.00. The highest BCUT2D eigenvalue weighted by Gasteiger charge is 2.21. The Bertz CT molecular complexity index is 644. The first-order chi connectivity index (χ1) is 9.65. The molecule has 1 aliphatic heterocycles. The minimum atomic E-state index is -1.23. The lowest BCUT2D eigenvalue weighted by molar-refractivity contribution is 0.0691. The standard InChI is InChI=1S/C16H14FNO2/c17-15-13(6-3-7-14(15)16(19)20)10-18-8-11-4-1-2-5-12(11)9-18/h1-7H,8-10H2,(H,19,20). The molecular formula is C16H14FNO2. The maximum Gasteiger partial charge on any atom is 0.338 e. The fraction of sp³-hybridized carbons (Fsp3) is 0.188. The zero-order valence-electron chi connectivity index (χ0n) is 10.8. The number of carbonyl (C=O) groups is 1. The molecule has 0 spiro atoms. The monoisotopic (exact) mass is 271 g/mol. The summed E-state index contributed by atoms with van der Waals surface area (Å²) >= 11 is 0. The van der Waals surface area contributed by atoms with Crippen LogP contribution in [0.3, 0.4) is 0 Å². The van der Waals surface area contributed by atoms with Crippen molar-refractivity contribution in [2.45, 2.75) is 19.6 Å². The first-order valence-electron chi connectivity index (χ1n) is 6.45. The minimum absolute atomic E-state index is 0.265. The lowest BCUT2D eigenvalue weighted by atomic mass is 10.1. The van der Waals surface area contributed by atoms with E-state index in [-0.39, 0.29) is 5.56 Å². The van der Waals surface area contributed by atoms with E-state index in [9.17, 15) is 9.18 Å². The molecule has 0 amide bonds. The normalized spacial score (nSPS) is 14.2. The molecule has 2 aromatic carbocycles. The van der Waals surface area contributed by atoms with Gasteiger partial charge in [0.2, 0.25) is 0 Å². The maximum atomic E-state index is 14.1. The Morgan fingerprint density at radius 3 is 2.35 bits per heavy atom. The molecule has 4 heteroatoms. The lowest BCUT2D eigenvalue weighted by Gasteiger charge is -2.15. The second kappa shape index (κ2) is 5.06. The van der Waals surface area contributed by atoms with E-state index >= 15 is 0 Å². The third kappa shape index (κ3) is 2.30. The van der Waals surface area contributed by atoms with Crippen LogP contribution in [0, 0.1) is 5.82 Å². The Morgan fingerprint density at radius 1 is 1.10 bits per heavy atom. The SMILES string of the molecule is O=C(O)c1cccc(CN2Cc3ccccc3C2)c1F. The number of hydrogen-bond acceptors (Lipinski definition) is 2. The molecule has 102 valence electrons. The summed E-state index contributed by atoms with van der Waals surface area (Å²) in [6.07, 6.45) is 0. The maximum absolute atomic E-state index is 14.1. The van der Waals surface area contributed by atoms with Gasteiger partial charge in [0.05, 0.1) is 5.56 Å². The number of aromatic carboxylic acids is 1. The van der Waals surface area contributed by atoms with Crippen LogP contribution in [0.5, 0.6) is 0 Å². The molecule has 0 unspecified atom stereocenters. The molecule has 3 rings (SSSR count). The Kier molecular flexibility index (Phi) is 3.24. The van der Waals surface area contributed by atoms with E-state index in [4.69, 9.17) is 5.11 Å². The topological polar surface area (TPSA) is 40.5 Å². The molecule has 0 fully saturated rings. The van der Waals surface area contributed by atoms with Crippen LogP contribution >= 0.6 is 0 Å². The third-order valence-electron chi connectivity index (χ3n) is 3.61. The van der Waals surface area contributed by atoms with E-state index in [1.807, 2.05) is 12.1 Å². The van der Waals surface area contributed by atoms with Crippen molar-refractivity contribution in [2.75, 3.05) is 0 Å². The van der Waals surface area contributed by atoms with Crippen LogP contribution in [0.1, 0.15) is 27.0 Å². The highest BCUT2D eigenvalue weighted by molar-refractivity contribution is 5.88. The highest BCUT2D eigenvalue weighted by Crippen LogP contribution is 2.25. The fourth-order valence-corrected chi connectivity index (χ4v) is 2.62. The molecule has 0 saturated carbocycles. The van der Waals surface area contributed by atoms with Gasteiger partial charge in [0.25, 0.3) is 0 Å². The van der Waals surface area contributed by atoms with Crippen LogP contribution in [0.15, 0.2) is 42.5 Å². The summed E-state index contributed by atoms with van der Waals surface area (Å²) in [5.41, 5.74) is 2.67. The van der Waals surface area contributed by atoms with Gasteiger partial charge in [-0.2, -0.15) is 0 Å². The van der Waals surface area contributed by atoms with E-state index in [2.05, 4.69) is 17.0 Å². The average molecular weight is 271 g/mol. The first kappa shape index (κ1) is 12.8. The Hall–Kier alpha value is -2.20. The van der Waals surface area contributed by atoms with Crippen LogP contribution in [-0.2, 0) is 19.6 Å². The molecule has 0 aromatic heterocycles. The molecule has 20 heavy (non-hydrogen) atoms. The average Bonchev–Trinajstić information content (AvgIpc) is 2.83. The van der Waals surface area contributed by atoms with E-state index < -0.39 is 11.8 Å². The number of halogens is 1. The second-order valence-electron chi connectivity index (χ2n) is 5.00. The summed E-state index contributed by atoms with van der Waals surface area (Å²) in [5.74, 6) is -1.86. The molecule has 0 bridgehead atoms. The van der Waals surface area contributed by atoms with Crippen molar-refractivity contribution in [3.05, 3.63) is 70.5 Å².